The molecule has 1 saturated heterocycles. The normalized spacial score (nSPS) is 16.2. The average molecular weight is 368 g/mol. The third-order valence-electron chi connectivity index (χ3n) is 3.91. The van der Waals surface area contributed by atoms with Crippen LogP contribution in [0.5, 0.6) is 0 Å². The second kappa shape index (κ2) is 8.88. The van der Waals surface area contributed by atoms with Crippen LogP contribution in [0.15, 0.2) is 24.4 Å². The van der Waals surface area contributed by atoms with Crippen molar-refractivity contribution in [2.45, 2.75) is 6.10 Å². The van der Waals surface area contributed by atoms with Gasteiger partial charge in [-0.3, -0.25) is 4.79 Å². The first-order valence-electron chi connectivity index (χ1n) is 8.48. The van der Waals surface area contributed by atoms with Crippen LogP contribution in [-0.4, -0.2) is 60.5 Å². The minimum atomic E-state index is -0.334. The van der Waals surface area contributed by atoms with Gasteiger partial charge in [0, 0.05) is 32.7 Å². The van der Waals surface area contributed by atoms with E-state index in [1.165, 1.54) is 13.2 Å². The third kappa shape index (κ3) is 4.87. The van der Waals surface area contributed by atoms with Gasteiger partial charge in [-0.15, -0.1) is 10.2 Å². The fourth-order valence-electron chi connectivity index (χ4n) is 2.53. The largest absolute Gasteiger partial charge is 0.380 e. The van der Waals surface area contributed by atoms with Crippen LogP contribution in [0.4, 0.5) is 17.2 Å². The molecule has 0 aromatic carbocycles. The SMILES string of the molecule is CNC(=O)c1nnc(Nc2ccc(C#N)nc2)cc1NC[C@H]1CNCCO1. The lowest BCUT2D eigenvalue weighted by atomic mass is 10.2. The molecule has 0 saturated carbocycles. The molecule has 3 rings (SSSR count). The second-order valence-electron chi connectivity index (χ2n) is 5.82. The lowest BCUT2D eigenvalue weighted by Gasteiger charge is -2.24. The van der Waals surface area contributed by atoms with Crippen molar-refractivity contribution < 1.29 is 9.53 Å². The van der Waals surface area contributed by atoms with E-state index in [2.05, 4.69) is 36.4 Å². The Labute approximate surface area is 156 Å². The van der Waals surface area contributed by atoms with Crippen LogP contribution in [0.3, 0.4) is 0 Å². The van der Waals surface area contributed by atoms with Crippen molar-refractivity contribution in [1.29, 1.82) is 5.26 Å². The van der Waals surface area contributed by atoms with E-state index in [0.29, 0.717) is 36.0 Å². The monoisotopic (exact) mass is 368 g/mol. The number of morpholine rings is 1. The summed E-state index contributed by atoms with van der Waals surface area (Å²) in [6, 6.07) is 6.98. The maximum absolute atomic E-state index is 12.1. The van der Waals surface area contributed by atoms with Crippen molar-refractivity contribution in [3.63, 3.8) is 0 Å². The van der Waals surface area contributed by atoms with Gasteiger partial charge in [0.1, 0.15) is 11.8 Å². The highest BCUT2D eigenvalue weighted by Crippen LogP contribution is 2.20. The topological polar surface area (TPSA) is 137 Å². The molecular formula is C17H20N8O2. The molecule has 0 aliphatic carbocycles. The number of hydrogen-bond acceptors (Lipinski definition) is 9. The Morgan fingerprint density at radius 2 is 2.33 bits per heavy atom. The fourth-order valence-corrected chi connectivity index (χ4v) is 2.53. The van der Waals surface area contributed by atoms with E-state index in [1.807, 2.05) is 6.07 Å². The maximum Gasteiger partial charge on any atom is 0.273 e. The Hall–Kier alpha value is -3.29. The number of nitriles is 1. The van der Waals surface area contributed by atoms with E-state index in [9.17, 15) is 4.79 Å². The first-order valence-corrected chi connectivity index (χ1v) is 8.48. The molecule has 0 unspecified atom stereocenters. The third-order valence-corrected chi connectivity index (χ3v) is 3.91. The molecule has 1 aliphatic rings. The molecule has 0 spiro atoms. The summed E-state index contributed by atoms with van der Waals surface area (Å²) in [6.07, 6.45) is 1.53. The molecule has 4 N–H and O–H groups in total. The molecule has 1 amide bonds. The number of carbonyl (C=O) groups excluding carboxylic acids is 1. The Morgan fingerprint density at radius 3 is 3.00 bits per heavy atom. The highest BCUT2D eigenvalue weighted by atomic mass is 16.5. The van der Waals surface area contributed by atoms with Gasteiger partial charge in [-0.1, -0.05) is 0 Å². The molecule has 3 heterocycles. The first-order chi connectivity index (χ1) is 13.2. The minimum absolute atomic E-state index is 0.00332. The quantitative estimate of drug-likeness (QED) is 0.565. The second-order valence-corrected chi connectivity index (χ2v) is 5.82. The first kappa shape index (κ1) is 18.5. The molecule has 1 atom stereocenters. The predicted molar refractivity (Wildman–Crippen MR) is 98.8 cm³/mol. The molecule has 0 radical (unpaired) electrons. The van der Waals surface area contributed by atoms with Crippen LogP contribution in [0.25, 0.3) is 0 Å². The van der Waals surface area contributed by atoms with Crippen LogP contribution in [0.1, 0.15) is 16.2 Å². The van der Waals surface area contributed by atoms with Crippen molar-refractivity contribution in [3.8, 4) is 6.07 Å². The van der Waals surface area contributed by atoms with Crippen LogP contribution >= 0.6 is 0 Å². The van der Waals surface area contributed by atoms with Gasteiger partial charge in [0.15, 0.2) is 11.5 Å². The number of ether oxygens (including phenoxy) is 1. The number of carbonyl (C=O) groups is 1. The molecule has 27 heavy (non-hydrogen) atoms. The lowest BCUT2D eigenvalue weighted by Crippen LogP contribution is -2.42. The Kier molecular flexibility index (Phi) is 6.09. The molecule has 1 aliphatic heterocycles. The zero-order chi connectivity index (χ0) is 19.1. The van der Waals surface area contributed by atoms with Crippen molar-refractivity contribution in [1.82, 2.24) is 25.8 Å². The zero-order valence-corrected chi connectivity index (χ0v) is 14.8. The van der Waals surface area contributed by atoms with E-state index >= 15 is 0 Å². The van der Waals surface area contributed by atoms with Gasteiger partial charge < -0.3 is 26.0 Å². The minimum Gasteiger partial charge on any atom is -0.380 e. The molecule has 10 nitrogen and oxygen atoms in total. The molecule has 140 valence electrons. The zero-order valence-electron chi connectivity index (χ0n) is 14.8. The summed E-state index contributed by atoms with van der Waals surface area (Å²) >= 11 is 0. The fraction of sp³-hybridized carbons (Fsp3) is 0.353. The van der Waals surface area contributed by atoms with E-state index in [4.69, 9.17) is 10.00 Å². The standard InChI is InChI=1S/C17H20N8O2/c1-19-17(26)16-14(22-10-13-9-20-4-5-27-13)6-15(24-25-16)23-12-3-2-11(7-18)21-8-12/h2-3,6,8,13,20H,4-5,9-10H2,1H3,(H,19,26)(H2,22,23,24)/t13-/m1/s1. The maximum atomic E-state index is 12.1. The van der Waals surface area contributed by atoms with Crippen molar-refractivity contribution in [3.05, 3.63) is 35.8 Å². The number of pyridine rings is 1. The van der Waals surface area contributed by atoms with E-state index in [0.717, 1.165) is 13.1 Å². The summed E-state index contributed by atoms with van der Waals surface area (Å²) in [7, 11) is 1.54. The van der Waals surface area contributed by atoms with Crippen LogP contribution < -0.4 is 21.3 Å². The molecule has 10 heteroatoms. The molecule has 1 fully saturated rings. The summed E-state index contributed by atoms with van der Waals surface area (Å²) in [6.45, 7) is 2.76. The Morgan fingerprint density at radius 1 is 1.44 bits per heavy atom. The number of anilines is 3. The number of nitrogens with one attached hydrogen (secondary N) is 4. The summed E-state index contributed by atoms with van der Waals surface area (Å²) in [4.78, 5) is 16.1. The molecule has 2 aromatic rings. The number of amides is 1. The average Bonchev–Trinajstić information content (AvgIpc) is 2.73. The molecule has 0 bridgehead atoms. The van der Waals surface area contributed by atoms with Gasteiger partial charge in [0.2, 0.25) is 0 Å². The summed E-state index contributed by atoms with van der Waals surface area (Å²) in [5, 5.41) is 29.0. The Bertz CT molecular complexity index is 828. The number of hydrogen-bond donors (Lipinski definition) is 4. The summed E-state index contributed by atoms with van der Waals surface area (Å²) < 4.78 is 5.66. The highest BCUT2D eigenvalue weighted by molar-refractivity contribution is 5.97. The van der Waals surface area contributed by atoms with Gasteiger partial charge in [0.05, 0.1) is 30.3 Å². The van der Waals surface area contributed by atoms with Crippen molar-refractivity contribution in [2.75, 3.05) is 43.9 Å². The number of rotatable bonds is 6. The number of nitrogens with zero attached hydrogens (tertiary/aromatic N) is 4. The van der Waals surface area contributed by atoms with Crippen LogP contribution in [0.2, 0.25) is 0 Å². The lowest BCUT2D eigenvalue weighted by molar-refractivity contribution is 0.0372. The Balaban J connectivity index is 1.76. The van der Waals surface area contributed by atoms with Gasteiger partial charge in [-0.25, -0.2) is 4.98 Å². The predicted octanol–water partition coefficient (Wildman–Crippen LogP) is 0.247. The van der Waals surface area contributed by atoms with Gasteiger partial charge in [-0.2, -0.15) is 5.26 Å². The van der Waals surface area contributed by atoms with Gasteiger partial charge >= 0.3 is 0 Å². The summed E-state index contributed by atoms with van der Waals surface area (Å²) in [5.74, 6) is 0.110. The van der Waals surface area contributed by atoms with E-state index in [1.54, 1.807) is 18.2 Å². The highest BCUT2D eigenvalue weighted by Gasteiger charge is 2.17. The smallest absolute Gasteiger partial charge is 0.273 e. The van der Waals surface area contributed by atoms with Crippen molar-refractivity contribution >= 4 is 23.1 Å². The molecular weight excluding hydrogens is 348 g/mol. The molecule has 2 aromatic heterocycles. The van der Waals surface area contributed by atoms with E-state index in [-0.39, 0.29) is 17.7 Å². The van der Waals surface area contributed by atoms with Crippen LogP contribution in [-0.2, 0) is 4.74 Å². The summed E-state index contributed by atoms with van der Waals surface area (Å²) in [5.41, 5.74) is 1.72. The van der Waals surface area contributed by atoms with Crippen LogP contribution in [0, 0.1) is 11.3 Å². The van der Waals surface area contributed by atoms with Crippen molar-refractivity contribution in [2.24, 2.45) is 0 Å². The number of aromatic nitrogens is 3. The van der Waals surface area contributed by atoms with E-state index < -0.39 is 0 Å². The van der Waals surface area contributed by atoms with Gasteiger partial charge in [-0.05, 0) is 12.1 Å². The van der Waals surface area contributed by atoms with Gasteiger partial charge in [0.25, 0.3) is 5.91 Å².